The van der Waals surface area contributed by atoms with Gasteiger partial charge in [-0.25, -0.2) is 4.98 Å². The second-order valence-electron chi connectivity index (χ2n) is 12.3. The maximum atomic E-state index is 6.87. The maximum absolute atomic E-state index is 6.87. The molecule has 3 rings (SSSR count). The molecule has 0 saturated carbocycles. The fraction of sp³-hybridized carbons (Fsp3) is 0.783. The molecule has 0 aromatic carbocycles. The average molecular weight is 510 g/mol. The molecule has 3 heterocycles. The van der Waals surface area contributed by atoms with Gasteiger partial charge in [0.25, 0.3) is 0 Å². The van der Waals surface area contributed by atoms with Crippen molar-refractivity contribution in [2.24, 2.45) is 0 Å². The van der Waals surface area contributed by atoms with Gasteiger partial charge in [0.2, 0.25) is 11.8 Å². The van der Waals surface area contributed by atoms with Crippen LogP contribution >= 0.6 is 0 Å². The van der Waals surface area contributed by atoms with E-state index in [2.05, 4.69) is 82.7 Å². The first-order valence-corrected chi connectivity index (χ1v) is 17.8. The van der Waals surface area contributed by atoms with Crippen LogP contribution in [-0.2, 0) is 13.6 Å². The fourth-order valence-corrected chi connectivity index (χ4v) is 5.84. The summed E-state index contributed by atoms with van der Waals surface area (Å²) in [6, 6.07) is 0. The van der Waals surface area contributed by atoms with Crippen molar-refractivity contribution in [3.8, 4) is 5.88 Å². The van der Waals surface area contributed by atoms with E-state index in [1.54, 1.807) is 13.4 Å². The van der Waals surface area contributed by atoms with E-state index in [1.807, 2.05) is 4.57 Å². The number of methoxy groups -OCH3 is 1. The predicted octanol–water partition coefficient (Wildman–Crippen LogP) is 5.12. The third-order valence-corrected chi connectivity index (χ3v) is 16.8. The maximum Gasteiger partial charge on any atom is 0.246 e. The molecule has 34 heavy (non-hydrogen) atoms. The van der Waals surface area contributed by atoms with Crippen LogP contribution in [0.1, 0.15) is 54.2 Å². The Labute approximate surface area is 206 Å². The molecule has 1 saturated heterocycles. The van der Waals surface area contributed by atoms with Gasteiger partial charge in [0.05, 0.1) is 26.1 Å². The highest BCUT2D eigenvalue weighted by atomic mass is 28.4. The van der Waals surface area contributed by atoms with Crippen LogP contribution in [0.4, 0.5) is 5.95 Å². The molecule has 192 valence electrons. The van der Waals surface area contributed by atoms with Gasteiger partial charge in [-0.15, -0.1) is 0 Å². The molecule has 0 aliphatic carbocycles. The SMILES string of the molecule is COc1nc(N)nc2c1ncn2[C@@H]1C[C@H](O[Si](C)(C)C(C)(C)C)[C@@H](CO[Si](C)(C)C(C)(C)C)O1. The molecule has 1 fully saturated rings. The molecule has 0 amide bonds. The molecule has 0 unspecified atom stereocenters. The third kappa shape index (κ3) is 5.33. The summed E-state index contributed by atoms with van der Waals surface area (Å²) in [6.07, 6.45) is 1.81. The zero-order valence-corrected chi connectivity index (χ0v) is 24.7. The molecule has 0 bridgehead atoms. The number of nitrogen functional groups attached to an aromatic ring is 1. The lowest BCUT2D eigenvalue weighted by molar-refractivity contribution is -0.0383. The lowest BCUT2D eigenvalue weighted by Gasteiger charge is -2.40. The highest BCUT2D eigenvalue weighted by Gasteiger charge is 2.47. The second kappa shape index (κ2) is 9.16. The molecule has 2 aromatic heterocycles. The Morgan fingerprint density at radius 1 is 1.06 bits per heavy atom. The molecule has 11 heteroatoms. The molecule has 3 atom stereocenters. The monoisotopic (exact) mass is 509 g/mol. The van der Waals surface area contributed by atoms with Crippen LogP contribution in [0.5, 0.6) is 5.88 Å². The molecule has 1 aliphatic heterocycles. The summed E-state index contributed by atoms with van der Waals surface area (Å²) in [4.78, 5) is 13.0. The zero-order chi connectivity index (χ0) is 25.7. The first-order valence-electron chi connectivity index (χ1n) is 12.0. The van der Waals surface area contributed by atoms with Gasteiger partial charge in [-0.3, -0.25) is 4.57 Å². The van der Waals surface area contributed by atoms with Gasteiger partial charge in [-0.1, -0.05) is 41.5 Å². The predicted molar refractivity (Wildman–Crippen MR) is 140 cm³/mol. The molecule has 2 aromatic rings. The number of rotatable bonds is 7. The molecule has 0 spiro atoms. The smallest absolute Gasteiger partial charge is 0.246 e. The van der Waals surface area contributed by atoms with Crippen molar-refractivity contribution in [3.05, 3.63) is 6.33 Å². The minimum absolute atomic E-state index is 0.0887. The van der Waals surface area contributed by atoms with Gasteiger partial charge in [0, 0.05) is 6.42 Å². The van der Waals surface area contributed by atoms with Gasteiger partial charge in [0.15, 0.2) is 27.8 Å². The Kier molecular flexibility index (Phi) is 7.29. The van der Waals surface area contributed by atoms with E-state index < -0.39 is 16.6 Å². The highest BCUT2D eigenvalue weighted by molar-refractivity contribution is 6.74. The summed E-state index contributed by atoms with van der Waals surface area (Å²) >= 11 is 0. The quantitative estimate of drug-likeness (QED) is 0.513. The van der Waals surface area contributed by atoms with E-state index >= 15 is 0 Å². The fourth-order valence-electron chi connectivity index (χ4n) is 3.47. The van der Waals surface area contributed by atoms with Gasteiger partial charge < -0.3 is 24.1 Å². The summed E-state index contributed by atoms with van der Waals surface area (Å²) < 4.78 is 27.3. The number of hydrogen-bond donors (Lipinski definition) is 1. The highest BCUT2D eigenvalue weighted by Crippen LogP contribution is 2.43. The Balaban J connectivity index is 1.92. The van der Waals surface area contributed by atoms with Gasteiger partial charge in [0.1, 0.15) is 12.3 Å². The minimum Gasteiger partial charge on any atom is -0.479 e. The van der Waals surface area contributed by atoms with Crippen LogP contribution in [0.2, 0.25) is 36.3 Å². The summed E-state index contributed by atoms with van der Waals surface area (Å²) in [5.74, 6) is 0.488. The normalized spacial score (nSPS) is 22.5. The Hall–Kier alpha value is -1.54. The number of anilines is 1. The van der Waals surface area contributed by atoms with Crippen LogP contribution in [0.3, 0.4) is 0 Å². The number of aromatic nitrogens is 4. The van der Waals surface area contributed by atoms with Crippen molar-refractivity contribution < 1.29 is 18.3 Å². The standard InChI is InChI=1S/C23H43N5O4Si2/c1-22(2,3)33(8,9)30-13-16-15(32-34(10,11)23(4,5)6)12-17(31-16)28-14-25-18-19(28)26-21(24)27-20(18)29-7/h14-17H,12-13H2,1-11H3,(H2,24,26,27)/t15-,16+,17-/m0/s1. The third-order valence-electron chi connectivity index (χ3n) is 7.76. The van der Waals surface area contributed by atoms with Crippen LogP contribution in [0, 0.1) is 0 Å². The van der Waals surface area contributed by atoms with E-state index in [0.29, 0.717) is 30.1 Å². The Bertz CT molecular complexity index is 1010. The van der Waals surface area contributed by atoms with Crippen LogP contribution in [0.15, 0.2) is 6.33 Å². The van der Waals surface area contributed by atoms with E-state index in [4.69, 9.17) is 24.1 Å². The van der Waals surface area contributed by atoms with E-state index in [0.717, 1.165) is 0 Å². The van der Waals surface area contributed by atoms with Gasteiger partial charge >= 0.3 is 0 Å². The number of hydrogen-bond acceptors (Lipinski definition) is 8. The van der Waals surface area contributed by atoms with Crippen molar-refractivity contribution in [1.82, 2.24) is 19.5 Å². The van der Waals surface area contributed by atoms with E-state index in [9.17, 15) is 0 Å². The summed E-state index contributed by atoms with van der Waals surface area (Å²) in [5, 5.41) is 0.207. The van der Waals surface area contributed by atoms with Crippen molar-refractivity contribution in [1.29, 1.82) is 0 Å². The second-order valence-corrected chi connectivity index (χ2v) is 21.8. The van der Waals surface area contributed by atoms with Crippen LogP contribution in [-0.4, -0.2) is 62.1 Å². The molecule has 1 aliphatic rings. The topological polar surface area (TPSA) is 107 Å². The molecular weight excluding hydrogens is 466 g/mol. The average Bonchev–Trinajstić information content (AvgIpc) is 3.27. The van der Waals surface area contributed by atoms with Gasteiger partial charge in [-0.05, 0) is 36.3 Å². The first-order chi connectivity index (χ1) is 15.5. The Morgan fingerprint density at radius 2 is 1.68 bits per heavy atom. The van der Waals surface area contributed by atoms with Gasteiger partial charge in [-0.2, -0.15) is 9.97 Å². The molecule has 2 N–H and O–H groups in total. The first kappa shape index (κ1) is 27.1. The van der Waals surface area contributed by atoms with Crippen molar-refractivity contribution >= 4 is 33.7 Å². The summed E-state index contributed by atoms with van der Waals surface area (Å²) in [7, 11) is -2.43. The van der Waals surface area contributed by atoms with Crippen molar-refractivity contribution in [2.45, 2.75) is 103 Å². The molecule has 9 nitrogen and oxygen atoms in total. The summed E-state index contributed by atoms with van der Waals surface area (Å²) in [5.41, 5.74) is 7.08. The molecule has 0 radical (unpaired) electrons. The molecular formula is C23H43N5O4Si2. The van der Waals surface area contributed by atoms with Crippen LogP contribution in [0.25, 0.3) is 11.2 Å². The van der Waals surface area contributed by atoms with Crippen molar-refractivity contribution in [3.63, 3.8) is 0 Å². The zero-order valence-electron chi connectivity index (χ0n) is 22.7. The van der Waals surface area contributed by atoms with E-state index in [1.165, 1.54) is 0 Å². The number of fused-ring (bicyclic) bond motifs is 1. The van der Waals surface area contributed by atoms with Crippen molar-refractivity contribution in [2.75, 3.05) is 19.5 Å². The lowest BCUT2D eigenvalue weighted by Crippen LogP contribution is -2.48. The van der Waals surface area contributed by atoms with E-state index in [-0.39, 0.29) is 34.5 Å². The number of nitrogens with two attached hydrogens (primary N) is 1. The van der Waals surface area contributed by atoms with Crippen LogP contribution < -0.4 is 10.5 Å². The number of ether oxygens (including phenoxy) is 2. The minimum atomic E-state index is -2.03. The number of imidazole rings is 1. The largest absolute Gasteiger partial charge is 0.479 e. The summed E-state index contributed by atoms with van der Waals surface area (Å²) in [6.45, 7) is 23.1. The number of nitrogens with zero attached hydrogens (tertiary/aromatic N) is 4. The Morgan fingerprint density at radius 3 is 2.24 bits per heavy atom. The lowest BCUT2D eigenvalue weighted by atomic mass is 10.2.